The number of aryl methyl sites for hydroxylation is 1. The van der Waals surface area contributed by atoms with Crippen molar-refractivity contribution >= 4 is 34.2 Å². The Hall–Kier alpha value is -0.580. The van der Waals surface area contributed by atoms with Crippen LogP contribution >= 0.6 is 28.3 Å². The monoisotopic (exact) mass is 346 g/mol. The molecule has 0 bridgehead atoms. The molecule has 1 fully saturated rings. The first-order valence-corrected chi connectivity index (χ1v) is 7.08. The minimum atomic E-state index is 0. The van der Waals surface area contributed by atoms with Crippen molar-refractivity contribution in [3.05, 3.63) is 33.8 Å². The third-order valence-electron chi connectivity index (χ3n) is 3.20. The zero-order valence-corrected chi connectivity index (χ0v) is 13.8. The summed E-state index contributed by atoms with van der Waals surface area (Å²) in [6.45, 7) is 7.78. The fourth-order valence-corrected chi connectivity index (χ4v) is 3.12. The Morgan fingerprint density at radius 2 is 1.89 bits per heavy atom. The number of halogens is 2. The van der Waals surface area contributed by atoms with Gasteiger partial charge < -0.3 is 10.2 Å². The second kappa shape index (κ2) is 6.73. The first-order valence-electron chi connectivity index (χ1n) is 6.29. The predicted octanol–water partition coefficient (Wildman–Crippen LogP) is 3.00. The molecule has 1 aliphatic rings. The molecule has 19 heavy (non-hydrogen) atoms. The van der Waals surface area contributed by atoms with E-state index in [1.807, 2.05) is 30.0 Å². The molecule has 0 spiro atoms. The second-order valence-corrected chi connectivity index (χ2v) is 6.02. The van der Waals surface area contributed by atoms with E-state index in [0.717, 1.165) is 28.7 Å². The lowest BCUT2D eigenvalue weighted by Gasteiger charge is -2.36. The molecule has 1 amide bonds. The molecule has 2 rings (SSSR count). The van der Waals surface area contributed by atoms with Gasteiger partial charge in [-0.1, -0.05) is 6.07 Å². The van der Waals surface area contributed by atoms with Crippen LogP contribution in [0.5, 0.6) is 0 Å². The van der Waals surface area contributed by atoms with E-state index in [4.69, 9.17) is 0 Å². The predicted molar refractivity (Wildman–Crippen MR) is 84.1 cm³/mol. The van der Waals surface area contributed by atoms with Gasteiger partial charge in [0.1, 0.15) is 0 Å². The number of benzene rings is 1. The highest BCUT2D eigenvalue weighted by Gasteiger charge is 2.26. The lowest BCUT2D eigenvalue weighted by molar-refractivity contribution is 0.0673. The van der Waals surface area contributed by atoms with Gasteiger partial charge in [0.05, 0.1) is 5.56 Å². The van der Waals surface area contributed by atoms with Crippen molar-refractivity contribution in [2.75, 3.05) is 13.1 Å². The Morgan fingerprint density at radius 3 is 2.42 bits per heavy atom. The molecule has 0 radical (unpaired) electrons. The average Bonchev–Trinajstić information content (AvgIpc) is 2.26. The quantitative estimate of drug-likeness (QED) is 0.847. The fourth-order valence-electron chi connectivity index (χ4n) is 2.46. The molecule has 0 aliphatic carbocycles. The van der Waals surface area contributed by atoms with Crippen LogP contribution in [0, 0.1) is 6.92 Å². The van der Waals surface area contributed by atoms with Gasteiger partial charge >= 0.3 is 0 Å². The summed E-state index contributed by atoms with van der Waals surface area (Å²) < 4.78 is 0.881. The molecule has 0 aromatic heterocycles. The van der Waals surface area contributed by atoms with Crippen LogP contribution in [-0.4, -0.2) is 36.0 Å². The first-order chi connectivity index (χ1) is 8.47. The second-order valence-electron chi connectivity index (χ2n) is 5.16. The van der Waals surface area contributed by atoms with E-state index in [0.29, 0.717) is 12.1 Å². The molecular weight excluding hydrogens is 328 g/mol. The highest BCUT2D eigenvalue weighted by atomic mass is 79.9. The largest absolute Gasteiger partial charge is 0.336 e. The molecule has 1 saturated heterocycles. The maximum absolute atomic E-state index is 12.5. The number of carbonyl (C=O) groups excluding carboxylic acids is 1. The van der Waals surface area contributed by atoms with E-state index in [-0.39, 0.29) is 18.3 Å². The van der Waals surface area contributed by atoms with Gasteiger partial charge in [0.25, 0.3) is 5.91 Å². The molecule has 3 nitrogen and oxygen atoms in total. The molecule has 1 aromatic rings. The molecule has 2 unspecified atom stereocenters. The average molecular weight is 348 g/mol. The normalized spacial score (nSPS) is 22.8. The summed E-state index contributed by atoms with van der Waals surface area (Å²) in [4.78, 5) is 14.4. The van der Waals surface area contributed by atoms with Gasteiger partial charge in [0, 0.05) is 29.6 Å². The van der Waals surface area contributed by atoms with Gasteiger partial charge in [-0.15, -0.1) is 12.4 Å². The number of nitrogens with zero attached hydrogens (tertiary/aromatic N) is 1. The van der Waals surface area contributed by atoms with Crippen molar-refractivity contribution in [2.45, 2.75) is 32.9 Å². The number of hydrogen-bond acceptors (Lipinski definition) is 2. The SMILES string of the molecule is Cc1ccc(C(=O)N2CC(C)NC(C)C2)c(Br)c1.Cl. The Morgan fingerprint density at radius 1 is 1.32 bits per heavy atom. The van der Waals surface area contributed by atoms with Crippen molar-refractivity contribution in [1.82, 2.24) is 10.2 Å². The summed E-state index contributed by atoms with van der Waals surface area (Å²) in [7, 11) is 0. The summed E-state index contributed by atoms with van der Waals surface area (Å²) in [6.07, 6.45) is 0. The smallest absolute Gasteiger partial charge is 0.255 e. The standard InChI is InChI=1S/C14H19BrN2O.ClH/c1-9-4-5-12(13(15)6-9)14(18)17-7-10(2)16-11(3)8-17;/h4-6,10-11,16H,7-8H2,1-3H3;1H. The van der Waals surface area contributed by atoms with Crippen LogP contribution in [0.3, 0.4) is 0 Å². The zero-order valence-electron chi connectivity index (χ0n) is 11.4. The fraction of sp³-hybridized carbons (Fsp3) is 0.500. The van der Waals surface area contributed by atoms with Crippen LogP contribution in [0.1, 0.15) is 29.8 Å². The molecule has 1 aliphatic heterocycles. The van der Waals surface area contributed by atoms with Crippen LogP contribution in [-0.2, 0) is 0 Å². The van der Waals surface area contributed by atoms with E-state index >= 15 is 0 Å². The highest BCUT2D eigenvalue weighted by molar-refractivity contribution is 9.10. The summed E-state index contributed by atoms with van der Waals surface area (Å²) in [5.74, 6) is 0.113. The van der Waals surface area contributed by atoms with E-state index in [1.54, 1.807) is 0 Å². The van der Waals surface area contributed by atoms with Gasteiger partial charge in [-0.3, -0.25) is 4.79 Å². The Bertz CT molecular complexity index is 457. The molecule has 5 heteroatoms. The van der Waals surface area contributed by atoms with Crippen molar-refractivity contribution in [2.24, 2.45) is 0 Å². The maximum Gasteiger partial charge on any atom is 0.255 e. The van der Waals surface area contributed by atoms with Crippen LogP contribution in [0.4, 0.5) is 0 Å². The first kappa shape index (κ1) is 16.5. The molecule has 0 saturated carbocycles. The number of hydrogen-bond donors (Lipinski definition) is 1. The Labute approximate surface area is 129 Å². The summed E-state index contributed by atoms with van der Waals surface area (Å²) in [5.41, 5.74) is 1.90. The number of piperazine rings is 1. The van der Waals surface area contributed by atoms with E-state index in [1.165, 1.54) is 0 Å². The van der Waals surface area contributed by atoms with Crippen LogP contribution in [0.15, 0.2) is 22.7 Å². The van der Waals surface area contributed by atoms with Crippen LogP contribution < -0.4 is 5.32 Å². The van der Waals surface area contributed by atoms with E-state index < -0.39 is 0 Å². The zero-order chi connectivity index (χ0) is 13.3. The van der Waals surface area contributed by atoms with Crippen molar-refractivity contribution in [3.8, 4) is 0 Å². The number of amides is 1. The summed E-state index contributed by atoms with van der Waals surface area (Å²) >= 11 is 3.48. The minimum Gasteiger partial charge on any atom is -0.336 e. The third kappa shape index (κ3) is 3.94. The van der Waals surface area contributed by atoms with Crippen molar-refractivity contribution in [1.29, 1.82) is 0 Å². The number of rotatable bonds is 1. The van der Waals surface area contributed by atoms with E-state index in [9.17, 15) is 4.79 Å². The van der Waals surface area contributed by atoms with Crippen molar-refractivity contribution < 1.29 is 4.79 Å². The highest BCUT2D eigenvalue weighted by Crippen LogP contribution is 2.21. The number of nitrogens with one attached hydrogen (secondary N) is 1. The molecule has 2 atom stereocenters. The summed E-state index contributed by atoms with van der Waals surface area (Å²) in [5, 5.41) is 3.43. The molecule has 106 valence electrons. The van der Waals surface area contributed by atoms with Gasteiger partial charge in [-0.2, -0.15) is 0 Å². The van der Waals surface area contributed by atoms with Gasteiger partial charge in [0.15, 0.2) is 0 Å². The van der Waals surface area contributed by atoms with E-state index in [2.05, 4.69) is 35.1 Å². The molecule has 1 aromatic carbocycles. The van der Waals surface area contributed by atoms with Gasteiger partial charge in [0.2, 0.25) is 0 Å². The number of carbonyl (C=O) groups is 1. The summed E-state index contributed by atoms with van der Waals surface area (Å²) in [6, 6.07) is 6.57. The molecule has 1 heterocycles. The van der Waals surface area contributed by atoms with Crippen LogP contribution in [0.25, 0.3) is 0 Å². The topological polar surface area (TPSA) is 32.3 Å². The third-order valence-corrected chi connectivity index (χ3v) is 3.86. The maximum atomic E-state index is 12.5. The molecule has 1 N–H and O–H groups in total. The Balaban J connectivity index is 0.00000180. The lowest BCUT2D eigenvalue weighted by atomic mass is 10.1. The Kier molecular flexibility index (Phi) is 5.83. The lowest BCUT2D eigenvalue weighted by Crippen LogP contribution is -2.55. The van der Waals surface area contributed by atoms with Gasteiger partial charge in [-0.25, -0.2) is 0 Å². The van der Waals surface area contributed by atoms with Crippen molar-refractivity contribution in [3.63, 3.8) is 0 Å². The molecular formula is C14H20BrClN2O. The van der Waals surface area contributed by atoms with Crippen LogP contribution in [0.2, 0.25) is 0 Å². The van der Waals surface area contributed by atoms with Gasteiger partial charge in [-0.05, 0) is 54.4 Å². The minimum absolute atomic E-state index is 0.